The van der Waals surface area contributed by atoms with Crippen LogP contribution in [0, 0.1) is 6.92 Å². The highest BCUT2D eigenvalue weighted by Gasteiger charge is 2.08. The zero-order valence-electron chi connectivity index (χ0n) is 8.56. The van der Waals surface area contributed by atoms with Crippen molar-refractivity contribution in [1.29, 1.82) is 0 Å². The van der Waals surface area contributed by atoms with Gasteiger partial charge in [0.25, 0.3) is 0 Å². The zero-order valence-corrected chi connectivity index (χ0v) is 10.2. The third kappa shape index (κ3) is 2.59. The molecule has 2 aromatic heterocycles. The molecule has 0 aromatic carbocycles. The topological polar surface area (TPSA) is 62.2 Å². The molecule has 0 unspecified atom stereocenters. The summed E-state index contributed by atoms with van der Waals surface area (Å²) in [7, 11) is 0. The van der Waals surface area contributed by atoms with Crippen molar-refractivity contribution in [1.82, 2.24) is 4.98 Å². The zero-order chi connectivity index (χ0) is 11.5. The van der Waals surface area contributed by atoms with Gasteiger partial charge in [0.15, 0.2) is 5.13 Å². The maximum atomic E-state index is 10.6. The Morgan fingerprint density at radius 2 is 2.31 bits per heavy atom. The number of aromatic nitrogens is 1. The van der Waals surface area contributed by atoms with Gasteiger partial charge in [-0.3, -0.25) is 0 Å². The molecule has 0 aliphatic heterocycles. The summed E-state index contributed by atoms with van der Waals surface area (Å²) in [5.74, 6) is -0.933. The molecule has 0 radical (unpaired) electrons. The normalized spacial score (nSPS) is 10.3. The van der Waals surface area contributed by atoms with Crippen molar-refractivity contribution in [2.24, 2.45) is 0 Å². The molecule has 0 amide bonds. The van der Waals surface area contributed by atoms with Gasteiger partial charge in [0.2, 0.25) is 0 Å². The van der Waals surface area contributed by atoms with E-state index in [0.29, 0.717) is 11.7 Å². The fourth-order valence-corrected chi connectivity index (χ4v) is 2.68. The molecule has 16 heavy (non-hydrogen) atoms. The molecule has 0 fully saturated rings. The quantitative estimate of drug-likeness (QED) is 0.880. The number of anilines is 1. The Morgan fingerprint density at radius 3 is 2.88 bits per heavy atom. The van der Waals surface area contributed by atoms with Gasteiger partial charge in [0, 0.05) is 9.75 Å². The van der Waals surface area contributed by atoms with E-state index >= 15 is 0 Å². The highest BCUT2D eigenvalue weighted by molar-refractivity contribution is 7.17. The largest absolute Gasteiger partial charge is 0.477 e. The number of nitrogens with zero attached hydrogens (tertiary/aromatic N) is 1. The number of rotatable bonds is 4. The summed E-state index contributed by atoms with van der Waals surface area (Å²) in [6, 6.07) is 4.12. The molecule has 2 heterocycles. The first-order valence-electron chi connectivity index (χ1n) is 4.63. The van der Waals surface area contributed by atoms with Gasteiger partial charge in [-0.25, -0.2) is 9.78 Å². The molecular weight excluding hydrogens is 244 g/mol. The number of carboxylic acids is 1. The Kier molecular flexibility index (Phi) is 3.21. The lowest BCUT2D eigenvalue weighted by Crippen LogP contribution is -1.95. The van der Waals surface area contributed by atoms with Crippen molar-refractivity contribution in [3.63, 3.8) is 0 Å². The van der Waals surface area contributed by atoms with E-state index in [4.69, 9.17) is 5.11 Å². The molecule has 4 nitrogen and oxygen atoms in total. The minimum atomic E-state index is -0.933. The maximum absolute atomic E-state index is 10.6. The summed E-state index contributed by atoms with van der Waals surface area (Å²) in [6.45, 7) is 2.74. The van der Waals surface area contributed by atoms with Crippen LogP contribution in [0.3, 0.4) is 0 Å². The fourth-order valence-electron chi connectivity index (χ4n) is 1.20. The fraction of sp³-hybridized carbons (Fsp3) is 0.200. The van der Waals surface area contributed by atoms with E-state index in [1.807, 2.05) is 0 Å². The number of hydrogen-bond donors (Lipinski definition) is 2. The van der Waals surface area contributed by atoms with Gasteiger partial charge in [-0.1, -0.05) is 11.3 Å². The molecule has 6 heteroatoms. The van der Waals surface area contributed by atoms with Crippen LogP contribution in [0.4, 0.5) is 5.13 Å². The van der Waals surface area contributed by atoms with Crippen molar-refractivity contribution in [2.45, 2.75) is 13.5 Å². The summed E-state index contributed by atoms with van der Waals surface area (Å²) in [4.78, 5) is 17.4. The van der Waals surface area contributed by atoms with E-state index < -0.39 is 5.97 Å². The molecule has 0 spiro atoms. The molecule has 84 valence electrons. The Bertz CT molecular complexity index is 504. The van der Waals surface area contributed by atoms with Crippen LogP contribution in [0.5, 0.6) is 0 Å². The second-order valence-corrected chi connectivity index (χ2v) is 5.60. The van der Waals surface area contributed by atoms with E-state index in [-0.39, 0.29) is 4.88 Å². The number of aryl methyl sites for hydroxylation is 1. The van der Waals surface area contributed by atoms with Crippen LogP contribution in [0.25, 0.3) is 0 Å². The van der Waals surface area contributed by atoms with Gasteiger partial charge in [0.05, 0.1) is 12.7 Å². The number of carboxylic acid groups (broad SMARTS) is 1. The SMILES string of the molecule is Cc1ccc(CNc2ncc(C(=O)O)s2)s1. The lowest BCUT2D eigenvalue weighted by molar-refractivity contribution is 0.0702. The van der Waals surface area contributed by atoms with Gasteiger partial charge in [-0.05, 0) is 19.1 Å². The van der Waals surface area contributed by atoms with Crippen LogP contribution in [0.2, 0.25) is 0 Å². The first-order valence-corrected chi connectivity index (χ1v) is 6.27. The Balaban J connectivity index is 1.97. The van der Waals surface area contributed by atoms with Crippen LogP contribution in [0.1, 0.15) is 19.4 Å². The summed E-state index contributed by atoms with van der Waals surface area (Å²) >= 11 is 2.87. The Hall–Kier alpha value is -1.40. The summed E-state index contributed by atoms with van der Waals surface area (Å²) < 4.78 is 0. The second kappa shape index (κ2) is 4.63. The molecule has 0 aliphatic carbocycles. The molecule has 2 N–H and O–H groups in total. The van der Waals surface area contributed by atoms with E-state index in [0.717, 1.165) is 11.3 Å². The molecule has 0 atom stereocenters. The lowest BCUT2D eigenvalue weighted by Gasteiger charge is -1.98. The molecular formula is C10H10N2O2S2. The third-order valence-corrected chi connectivity index (χ3v) is 3.87. The van der Waals surface area contributed by atoms with Gasteiger partial charge in [-0.2, -0.15) is 0 Å². The molecule has 2 aromatic rings. The standard InChI is InChI=1S/C10H10N2O2S2/c1-6-2-3-7(15-6)4-11-10-12-5-8(16-10)9(13)14/h2-3,5H,4H2,1H3,(H,11,12)(H,13,14). The smallest absolute Gasteiger partial charge is 0.347 e. The predicted octanol–water partition coefficient (Wildman–Crippen LogP) is 2.82. The monoisotopic (exact) mass is 254 g/mol. The summed E-state index contributed by atoms with van der Waals surface area (Å²) in [5.41, 5.74) is 0. The lowest BCUT2D eigenvalue weighted by atomic mass is 10.4. The summed E-state index contributed by atoms with van der Waals surface area (Å²) in [6.07, 6.45) is 1.37. The molecule has 0 saturated heterocycles. The second-order valence-electron chi connectivity index (χ2n) is 3.20. The number of carbonyl (C=O) groups is 1. The number of hydrogen-bond acceptors (Lipinski definition) is 5. The van der Waals surface area contributed by atoms with Crippen molar-refractivity contribution >= 4 is 33.8 Å². The predicted molar refractivity (Wildman–Crippen MR) is 65.5 cm³/mol. The molecule has 0 bridgehead atoms. The highest BCUT2D eigenvalue weighted by atomic mass is 32.1. The molecule has 0 aliphatic rings. The van der Waals surface area contributed by atoms with Crippen LogP contribution in [-0.4, -0.2) is 16.1 Å². The number of nitrogens with one attached hydrogen (secondary N) is 1. The van der Waals surface area contributed by atoms with Crippen LogP contribution < -0.4 is 5.32 Å². The maximum Gasteiger partial charge on any atom is 0.347 e. The Morgan fingerprint density at radius 1 is 1.50 bits per heavy atom. The third-order valence-electron chi connectivity index (χ3n) is 1.93. The van der Waals surface area contributed by atoms with E-state index in [9.17, 15) is 4.79 Å². The van der Waals surface area contributed by atoms with Crippen LogP contribution in [0.15, 0.2) is 18.3 Å². The van der Waals surface area contributed by atoms with Gasteiger partial charge < -0.3 is 10.4 Å². The minimum absolute atomic E-state index is 0.255. The van der Waals surface area contributed by atoms with Crippen molar-refractivity contribution in [2.75, 3.05) is 5.32 Å². The first kappa shape index (κ1) is 11.1. The summed E-state index contributed by atoms with van der Waals surface area (Å²) in [5, 5.41) is 12.5. The van der Waals surface area contributed by atoms with Gasteiger partial charge in [0.1, 0.15) is 4.88 Å². The van der Waals surface area contributed by atoms with Gasteiger partial charge in [-0.15, -0.1) is 11.3 Å². The van der Waals surface area contributed by atoms with Crippen molar-refractivity contribution in [3.8, 4) is 0 Å². The molecule has 0 saturated carbocycles. The van der Waals surface area contributed by atoms with E-state index in [1.54, 1.807) is 11.3 Å². The number of thiazole rings is 1. The van der Waals surface area contributed by atoms with Crippen molar-refractivity contribution < 1.29 is 9.90 Å². The first-order chi connectivity index (χ1) is 7.65. The average Bonchev–Trinajstić information content (AvgIpc) is 2.83. The van der Waals surface area contributed by atoms with Crippen LogP contribution >= 0.6 is 22.7 Å². The highest BCUT2D eigenvalue weighted by Crippen LogP contribution is 2.20. The minimum Gasteiger partial charge on any atom is -0.477 e. The number of aromatic carboxylic acids is 1. The van der Waals surface area contributed by atoms with E-state index in [1.165, 1.54) is 16.0 Å². The molecule has 2 rings (SSSR count). The average molecular weight is 254 g/mol. The van der Waals surface area contributed by atoms with Crippen molar-refractivity contribution in [3.05, 3.63) is 33.0 Å². The van der Waals surface area contributed by atoms with E-state index in [2.05, 4.69) is 29.4 Å². The van der Waals surface area contributed by atoms with Crippen LogP contribution in [-0.2, 0) is 6.54 Å². The number of thiophene rings is 1. The van der Waals surface area contributed by atoms with Gasteiger partial charge >= 0.3 is 5.97 Å². The Labute approximate surface area is 101 Å².